The maximum absolute atomic E-state index is 15.7. The molecule has 10 rings (SSSR count). The van der Waals surface area contributed by atoms with Gasteiger partial charge >= 0.3 is 0 Å². The van der Waals surface area contributed by atoms with Crippen LogP contribution < -0.4 is 76.1 Å². The number of aromatic hydroxyl groups is 1. The fourth-order valence-electron chi connectivity index (χ4n) is 16.9. The number of imidazole rings is 1. The van der Waals surface area contributed by atoms with E-state index in [1.807, 2.05) is 13.0 Å². The Labute approximate surface area is 774 Å². The van der Waals surface area contributed by atoms with Gasteiger partial charge in [0.2, 0.25) is 100 Å². The summed E-state index contributed by atoms with van der Waals surface area (Å²) in [5, 5.41) is 50.1. The number of H-pyrrole nitrogens is 3. The third kappa shape index (κ3) is 26.7. The first kappa shape index (κ1) is 102. The van der Waals surface area contributed by atoms with E-state index in [-0.39, 0.29) is 126 Å². The summed E-state index contributed by atoms with van der Waals surface area (Å²) < 4.78 is 0.206. The first-order chi connectivity index (χ1) is 63.0. The first-order valence-electron chi connectivity index (χ1n) is 44.2. The van der Waals surface area contributed by atoms with Crippen LogP contribution in [0.4, 0.5) is 0 Å². The Kier molecular flexibility index (Phi) is 36.6. The summed E-state index contributed by atoms with van der Waals surface area (Å²) in [4.78, 5) is 269. The van der Waals surface area contributed by atoms with Gasteiger partial charge in [0.15, 0.2) is 0 Å². The average molecular weight is 1920 g/mol. The fourth-order valence-corrected chi connectivity index (χ4v) is 18.2. The summed E-state index contributed by atoms with van der Waals surface area (Å²) in [6.07, 6.45) is 3.42. The maximum atomic E-state index is 15.7. The highest BCUT2D eigenvalue weighted by molar-refractivity contribution is 9.10. The number of thioether (sulfide) groups is 1. The van der Waals surface area contributed by atoms with Crippen molar-refractivity contribution in [2.75, 3.05) is 64.9 Å². The van der Waals surface area contributed by atoms with Crippen molar-refractivity contribution in [1.82, 2.24) is 97.6 Å². The molecule has 23 N–H and O–H groups in total. The van der Waals surface area contributed by atoms with Gasteiger partial charge in [-0.3, -0.25) is 81.5 Å². The van der Waals surface area contributed by atoms with E-state index in [0.717, 1.165) is 26.5 Å². The first-order valence-corrected chi connectivity index (χ1v) is 46.1. The number of carbonyl (C=O) groups excluding carboxylic acids is 17. The summed E-state index contributed by atoms with van der Waals surface area (Å²) >= 11 is 4.05. The van der Waals surface area contributed by atoms with Gasteiger partial charge in [0, 0.05) is 118 Å². The lowest BCUT2D eigenvalue weighted by molar-refractivity contribution is -0.149. The molecule has 4 saturated heterocycles. The van der Waals surface area contributed by atoms with Crippen molar-refractivity contribution in [3.8, 4) is 5.75 Å². The molecule has 0 saturated carbocycles. The van der Waals surface area contributed by atoms with Crippen LogP contribution >= 0.6 is 27.7 Å². The molecule has 0 spiro atoms. The fraction of sp³-hybridized carbons (Fsp3) is 0.523. The minimum absolute atomic E-state index is 0.00793. The van der Waals surface area contributed by atoms with E-state index < -0.39 is 222 Å². The Balaban J connectivity index is 1.00. The number of benzene rings is 3. The number of unbranched alkanes of at least 4 members (excludes halogenated alkanes) is 1. The van der Waals surface area contributed by atoms with E-state index >= 15 is 33.6 Å². The van der Waals surface area contributed by atoms with E-state index in [2.05, 4.69) is 89.0 Å². The van der Waals surface area contributed by atoms with Crippen molar-refractivity contribution in [3.05, 3.63) is 119 Å². The molecule has 0 bridgehead atoms. The van der Waals surface area contributed by atoms with Gasteiger partial charge in [0.25, 0.3) is 0 Å². The molecule has 132 heavy (non-hydrogen) atoms. The molecule has 7 heterocycles. The van der Waals surface area contributed by atoms with Crippen molar-refractivity contribution in [2.45, 2.75) is 221 Å². The summed E-state index contributed by atoms with van der Waals surface area (Å²) in [5.41, 5.74) is 26.6. The van der Waals surface area contributed by atoms with Gasteiger partial charge in [-0.2, -0.15) is 0 Å². The number of amides is 17. The zero-order chi connectivity index (χ0) is 95.9. The zero-order valence-electron chi connectivity index (χ0n) is 74.5. The Morgan fingerprint density at radius 1 is 0.568 bits per heavy atom. The van der Waals surface area contributed by atoms with Crippen LogP contribution in [0, 0.1) is 5.92 Å². The quantitative estimate of drug-likeness (QED) is 0.0328. The van der Waals surface area contributed by atoms with Gasteiger partial charge in [-0.25, -0.2) is 4.98 Å². The van der Waals surface area contributed by atoms with Crippen molar-refractivity contribution in [1.29, 1.82) is 0 Å². The SMILES string of the molecule is CCCC[C@H]1C(=O)N2CCC[C@@H]2C(=O)N[C@@H](CCN)C(=O)N[C@H](C(=O)NCC(N)=O)CSCC(=O)N[C@@H](Cc2ccc(O)c(Br)c2)C(=O)N(C)[C@@H](C)C(=O)N[C@@H](CC(N)=O)C(=O)N2CCC[C@H]2C(=O)N[C@@H](Cc2cnc[nH]2)C(=O)N[C@@H](CC(C)C)C(=O)N2C[C@H](O)C[C@H]2C(=O)N[C@@H](Cc2c[nH]c3ccccc23)C(=O)N[C@@H](CCN)C(=O)N[C@@H](Cc2c[nH]c3ccccc23)C(=O)N1C. The van der Waals surface area contributed by atoms with Gasteiger partial charge in [-0.15, -0.1) is 11.8 Å². The Morgan fingerprint density at radius 2 is 1.08 bits per heavy atom. The van der Waals surface area contributed by atoms with Gasteiger partial charge in [0.1, 0.15) is 90.3 Å². The van der Waals surface area contributed by atoms with Gasteiger partial charge < -0.3 is 126 Å². The smallest absolute Gasteiger partial charge is 0.246 e. The summed E-state index contributed by atoms with van der Waals surface area (Å²) in [6.45, 7) is 5.00. The second-order valence-corrected chi connectivity index (χ2v) is 36.1. The van der Waals surface area contributed by atoms with Gasteiger partial charge in [-0.05, 0) is 134 Å². The van der Waals surface area contributed by atoms with Crippen LogP contribution in [0.25, 0.3) is 21.8 Å². The van der Waals surface area contributed by atoms with Crippen molar-refractivity contribution in [2.24, 2.45) is 28.9 Å². The predicted octanol–water partition coefficient (Wildman–Crippen LogP) is -2.75. The Hall–Kier alpha value is -12.6. The number of hydrogen-bond acceptors (Lipinski definition) is 23. The molecular formula is C88H120BrN23O19S. The Bertz CT molecular complexity index is 5190. The largest absolute Gasteiger partial charge is 0.507 e. The van der Waals surface area contributed by atoms with E-state index in [4.69, 9.17) is 22.9 Å². The number of aromatic nitrogens is 4. The maximum Gasteiger partial charge on any atom is 0.246 e. The van der Waals surface area contributed by atoms with Crippen LogP contribution in [0.2, 0.25) is 0 Å². The lowest BCUT2D eigenvalue weighted by Gasteiger charge is -2.35. The number of nitrogens with zero attached hydrogens (tertiary/aromatic N) is 6. The summed E-state index contributed by atoms with van der Waals surface area (Å²) in [6, 6.07) is -2.39. The van der Waals surface area contributed by atoms with Gasteiger partial charge in [-0.1, -0.05) is 76.1 Å². The number of carbonyl (C=O) groups is 17. The van der Waals surface area contributed by atoms with Crippen LogP contribution in [-0.4, -0.2) is 311 Å². The highest BCUT2D eigenvalue weighted by atomic mass is 79.9. The van der Waals surface area contributed by atoms with Crippen molar-refractivity contribution >= 4 is 150 Å². The molecule has 3 aromatic heterocycles. The number of aromatic amines is 3. The average Bonchev–Trinajstić information content (AvgIpc) is 1.50. The van der Waals surface area contributed by atoms with E-state index in [1.165, 1.54) is 61.5 Å². The molecule has 15 atom stereocenters. The number of phenolic OH excluding ortho intramolecular Hbond substituents is 1. The number of hydrogen-bond donors (Lipinski definition) is 19. The number of fused-ring (bicyclic) bond motifs is 5. The van der Waals surface area contributed by atoms with Crippen LogP contribution in [0.5, 0.6) is 5.75 Å². The standard InChI is InChI=1S/C88H120BrN23O19S/c1-7-8-19-69-88(131)111-29-14-21-68(111)81(124)101-59(25-27-91)78(121)107-66(76(119)97-41-73(93)116)43-132-44-74(117)99-63(32-48-22-23-71(114)55(89)31-48)84(127)108(5)47(4)75(118)104-65(37-72(92)115)86(129)110-28-13-20-67(110)82(125)103-61(35-51-40-94-45-98-51)80(123)105-62(30-46(2)3)87(130)112-42-52(113)36-70(112)83(126)102-60(33-49-38-95-56-17-11-9-15-53(49)56)79(122)100-58(24-26-90)77(120)106-64(85(128)109(69)6)34-50-39-96-57-18-12-10-16-54(50)57/h9-12,15-18,22-23,31,38-40,45-47,52,58-70,95-96,113-114H,7-8,13-14,19-21,24-30,32-37,41-44,90-91H2,1-6H3,(H2,92,115)(H2,93,116)(H,94,98)(H,97,119)(H,99,117)(H,100,122)(H,101,124)(H,102,126)(H,103,125)(H,104,118)(H,105,123)(H,106,120)(H,107,121)/t47-,52+,58-,59-,60-,61-,62-,63-,64-,65-,66-,67-,68+,69-,70-/m0/s1. The molecular weight excluding hydrogens is 1800 g/mol. The molecule has 4 fully saturated rings. The second-order valence-electron chi connectivity index (χ2n) is 34.2. The molecule has 0 unspecified atom stereocenters. The lowest BCUT2D eigenvalue weighted by Crippen LogP contribution is -2.61. The third-order valence-corrected chi connectivity index (χ3v) is 25.7. The number of nitrogens with two attached hydrogens (primary N) is 4. The topological polar surface area (TPSA) is 631 Å². The molecule has 17 amide bonds. The van der Waals surface area contributed by atoms with Crippen LogP contribution in [-0.2, 0) is 107 Å². The molecule has 4 aliphatic heterocycles. The third-order valence-electron chi connectivity index (χ3n) is 24.0. The monoisotopic (exact) mass is 1910 g/mol. The molecule has 714 valence electrons. The number of aliphatic hydroxyl groups excluding tert-OH is 1. The molecule has 6 aromatic rings. The lowest BCUT2D eigenvalue weighted by atomic mass is 10.00. The second kappa shape index (κ2) is 47.5. The number of primary amides is 2. The number of nitrogens with one attached hydrogen (secondary N) is 13. The molecule has 0 aliphatic carbocycles. The van der Waals surface area contributed by atoms with E-state index in [1.54, 1.807) is 68.7 Å². The van der Waals surface area contributed by atoms with E-state index in [9.17, 15) is 58.2 Å². The molecule has 0 radical (unpaired) electrons. The highest BCUT2D eigenvalue weighted by Gasteiger charge is 2.47. The molecule has 44 heteroatoms. The Morgan fingerprint density at radius 3 is 1.65 bits per heavy atom. The van der Waals surface area contributed by atoms with Crippen molar-refractivity contribution in [3.63, 3.8) is 0 Å². The summed E-state index contributed by atoms with van der Waals surface area (Å²) in [7, 11) is 2.61. The van der Waals surface area contributed by atoms with Crippen LogP contribution in [0.3, 0.4) is 0 Å². The van der Waals surface area contributed by atoms with E-state index in [0.29, 0.717) is 57.0 Å². The number of likely N-dealkylation sites (N-methyl/N-ethyl adjacent to an activating group) is 2. The number of phenols is 1. The minimum atomic E-state index is -1.77. The molecule has 42 nitrogen and oxygen atoms in total. The van der Waals surface area contributed by atoms with Crippen LogP contribution in [0.15, 0.2) is 96.1 Å². The zero-order valence-corrected chi connectivity index (χ0v) is 76.9. The highest BCUT2D eigenvalue weighted by Crippen LogP contribution is 2.30. The van der Waals surface area contributed by atoms with Crippen molar-refractivity contribution < 1.29 is 91.7 Å². The number of para-hydroxylation sites is 2. The summed E-state index contributed by atoms with van der Waals surface area (Å²) in [5.74, 6) is -16.8. The number of aliphatic hydroxyl groups is 1. The van der Waals surface area contributed by atoms with Crippen LogP contribution in [0.1, 0.15) is 127 Å². The number of rotatable bonds is 22. The molecule has 3 aromatic carbocycles. The minimum Gasteiger partial charge on any atom is -0.507 e. The van der Waals surface area contributed by atoms with Gasteiger partial charge in [0.05, 0.1) is 35.6 Å². The normalized spacial score (nSPS) is 25.5. The molecule has 4 aliphatic rings. The number of halogens is 1. The predicted molar refractivity (Wildman–Crippen MR) is 487 cm³/mol.